The molecule has 0 aromatic heterocycles. The molecule has 41 heavy (non-hydrogen) atoms. The molecule has 3 rings (SSSR count). The van der Waals surface area contributed by atoms with Gasteiger partial charge in [0.25, 0.3) is 11.8 Å². The van der Waals surface area contributed by atoms with Crippen molar-refractivity contribution in [3.63, 3.8) is 0 Å². The van der Waals surface area contributed by atoms with E-state index < -0.39 is 24.0 Å². The molecule has 0 spiro atoms. The fourth-order valence-electron chi connectivity index (χ4n) is 3.66. The van der Waals surface area contributed by atoms with Crippen LogP contribution in [-0.2, 0) is 16.0 Å². The summed E-state index contributed by atoms with van der Waals surface area (Å²) in [5, 5.41) is 7.60. The number of nitrogens with one attached hydrogen (secondary N) is 2. The summed E-state index contributed by atoms with van der Waals surface area (Å²) >= 11 is 12.1. The molecule has 2 amide bonds. The molecule has 10 heteroatoms. The van der Waals surface area contributed by atoms with Crippen LogP contribution < -0.4 is 25.0 Å². The Hall–Kier alpha value is -3.75. The summed E-state index contributed by atoms with van der Waals surface area (Å²) in [6.07, 6.45) is 0.817. The number of hydrogen-bond acceptors (Lipinski definition) is 6. The Morgan fingerprint density at radius 1 is 0.902 bits per heavy atom. The van der Waals surface area contributed by atoms with Crippen molar-refractivity contribution in [1.29, 1.82) is 0 Å². The first kappa shape index (κ1) is 31.8. The van der Waals surface area contributed by atoms with Crippen LogP contribution in [0, 0.1) is 5.92 Å². The molecule has 2 atom stereocenters. The summed E-state index contributed by atoms with van der Waals surface area (Å²) < 4.78 is 17.3. The number of nitrogens with zero attached hydrogens (tertiary/aromatic N) is 1. The van der Waals surface area contributed by atoms with E-state index >= 15 is 0 Å². The summed E-state index contributed by atoms with van der Waals surface area (Å²) in [7, 11) is 0. The van der Waals surface area contributed by atoms with Gasteiger partial charge in [0.1, 0.15) is 11.8 Å². The van der Waals surface area contributed by atoms with Gasteiger partial charge < -0.3 is 19.5 Å². The number of hydrogen-bond donors (Lipinski definition) is 2. The van der Waals surface area contributed by atoms with Gasteiger partial charge in [-0.25, -0.2) is 5.43 Å². The van der Waals surface area contributed by atoms with Crippen LogP contribution in [0.2, 0.25) is 10.0 Å². The first-order valence-corrected chi connectivity index (χ1v) is 14.1. The molecule has 0 saturated heterocycles. The largest absolute Gasteiger partial charge is 0.490 e. The highest BCUT2D eigenvalue weighted by molar-refractivity contribution is 6.35. The Balaban J connectivity index is 1.69. The standard InChI is InChI=1S/C31H35Cl2N3O5/c1-5-39-29-16-23(11-13-28(29)40-19-20(2)3)18-34-36-31(38)26(15-22-9-7-6-8-10-22)35-30(37)21(4)41-27-14-12-24(32)17-25(27)33/h6-14,16-18,20-21,26H,5,15,19H2,1-4H3,(H,35,37)(H,36,38)/b34-18-/t21-,26+/m1/s1. The molecule has 0 aliphatic heterocycles. The zero-order valence-corrected chi connectivity index (χ0v) is 25.0. The quantitative estimate of drug-likeness (QED) is 0.173. The van der Waals surface area contributed by atoms with E-state index in [2.05, 4.69) is 29.7 Å². The average Bonchev–Trinajstić information content (AvgIpc) is 2.94. The third-order valence-corrected chi connectivity index (χ3v) is 6.24. The van der Waals surface area contributed by atoms with Crippen LogP contribution >= 0.6 is 23.2 Å². The number of amides is 2. The molecule has 8 nitrogen and oxygen atoms in total. The Morgan fingerprint density at radius 2 is 1.63 bits per heavy atom. The summed E-state index contributed by atoms with van der Waals surface area (Å²) in [6, 6.07) is 18.6. The summed E-state index contributed by atoms with van der Waals surface area (Å²) in [5.41, 5.74) is 4.10. The monoisotopic (exact) mass is 599 g/mol. The van der Waals surface area contributed by atoms with E-state index in [4.69, 9.17) is 37.4 Å². The molecular formula is C31H35Cl2N3O5. The average molecular weight is 601 g/mol. The van der Waals surface area contributed by atoms with Crippen molar-refractivity contribution in [1.82, 2.24) is 10.7 Å². The lowest BCUT2D eigenvalue weighted by Crippen LogP contribution is -2.50. The molecule has 0 saturated carbocycles. The molecule has 218 valence electrons. The Labute approximate surface area is 251 Å². The first-order valence-electron chi connectivity index (χ1n) is 13.3. The minimum atomic E-state index is -0.934. The lowest BCUT2D eigenvalue weighted by molar-refractivity contribution is -0.132. The maximum Gasteiger partial charge on any atom is 0.262 e. The van der Waals surface area contributed by atoms with Crippen molar-refractivity contribution >= 4 is 41.2 Å². The van der Waals surface area contributed by atoms with E-state index in [0.717, 1.165) is 5.56 Å². The second-order valence-electron chi connectivity index (χ2n) is 9.66. The second kappa shape index (κ2) is 15.9. The third-order valence-electron chi connectivity index (χ3n) is 5.71. The predicted molar refractivity (Wildman–Crippen MR) is 162 cm³/mol. The van der Waals surface area contributed by atoms with Crippen LogP contribution in [0.4, 0.5) is 0 Å². The minimum absolute atomic E-state index is 0.249. The molecule has 0 aliphatic carbocycles. The van der Waals surface area contributed by atoms with E-state index in [9.17, 15) is 9.59 Å². The number of halogens is 2. The van der Waals surface area contributed by atoms with Crippen molar-refractivity contribution in [2.24, 2.45) is 11.0 Å². The van der Waals surface area contributed by atoms with E-state index in [1.54, 1.807) is 25.1 Å². The van der Waals surface area contributed by atoms with Crippen molar-refractivity contribution in [3.8, 4) is 17.2 Å². The molecule has 0 bridgehead atoms. The second-order valence-corrected chi connectivity index (χ2v) is 10.5. The molecule has 0 unspecified atom stereocenters. The highest BCUT2D eigenvalue weighted by atomic mass is 35.5. The minimum Gasteiger partial charge on any atom is -0.490 e. The summed E-state index contributed by atoms with van der Waals surface area (Å²) in [4.78, 5) is 26.2. The van der Waals surface area contributed by atoms with E-state index in [0.29, 0.717) is 47.0 Å². The van der Waals surface area contributed by atoms with Crippen LogP contribution in [-0.4, -0.2) is 43.4 Å². The van der Waals surface area contributed by atoms with Gasteiger partial charge >= 0.3 is 0 Å². The molecule has 0 aliphatic rings. The van der Waals surface area contributed by atoms with E-state index in [1.165, 1.54) is 12.3 Å². The van der Waals surface area contributed by atoms with Gasteiger partial charge in [-0.05, 0) is 67.3 Å². The first-order chi connectivity index (χ1) is 19.7. The number of hydrazone groups is 1. The summed E-state index contributed by atoms with van der Waals surface area (Å²) in [5.74, 6) is 0.928. The molecular weight excluding hydrogens is 565 g/mol. The Morgan fingerprint density at radius 3 is 2.32 bits per heavy atom. The van der Waals surface area contributed by atoms with Gasteiger partial charge in [0.2, 0.25) is 0 Å². The van der Waals surface area contributed by atoms with Gasteiger partial charge in [0.15, 0.2) is 17.6 Å². The molecule has 0 radical (unpaired) electrons. The zero-order chi connectivity index (χ0) is 29.8. The Kier molecular flexibility index (Phi) is 12.3. The predicted octanol–water partition coefficient (Wildman–Crippen LogP) is 6.07. The smallest absolute Gasteiger partial charge is 0.262 e. The van der Waals surface area contributed by atoms with Crippen molar-refractivity contribution in [2.45, 2.75) is 46.3 Å². The van der Waals surface area contributed by atoms with Crippen LogP contribution in [0.5, 0.6) is 17.2 Å². The van der Waals surface area contributed by atoms with E-state index in [-0.39, 0.29) is 11.4 Å². The number of carbonyl (C=O) groups is 2. The van der Waals surface area contributed by atoms with Crippen LogP contribution in [0.3, 0.4) is 0 Å². The molecule has 0 heterocycles. The lowest BCUT2D eigenvalue weighted by Gasteiger charge is -2.21. The maximum absolute atomic E-state index is 13.2. The molecule has 3 aromatic carbocycles. The van der Waals surface area contributed by atoms with Crippen LogP contribution in [0.1, 0.15) is 38.8 Å². The number of ether oxygens (including phenoxy) is 3. The Bertz CT molecular complexity index is 1330. The third kappa shape index (κ3) is 10.3. The zero-order valence-electron chi connectivity index (χ0n) is 23.5. The SMILES string of the molecule is CCOc1cc(/C=N\NC(=O)[C@H](Cc2ccccc2)NC(=O)[C@@H](C)Oc2ccc(Cl)cc2Cl)ccc1OCC(C)C. The maximum atomic E-state index is 13.2. The number of rotatable bonds is 14. The van der Waals surface area contributed by atoms with Gasteiger partial charge in [0, 0.05) is 11.4 Å². The highest BCUT2D eigenvalue weighted by Gasteiger charge is 2.25. The summed E-state index contributed by atoms with van der Waals surface area (Å²) in [6.45, 7) is 8.64. The molecule has 0 fully saturated rings. The lowest BCUT2D eigenvalue weighted by atomic mass is 10.1. The van der Waals surface area contributed by atoms with Gasteiger partial charge in [-0.3, -0.25) is 9.59 Å². The number of carbonyl (C=O) groups excluding carboxylic acids is 2. The van der Waals surface area contributed by atoms with Gasteiger partial charge in [-0.1, -0.05) is 67.4 Å². The van der Waals surface area contributed by atoms with Gasteiger partial charge in [0.05, 0.1) is 24.5 Å². The van der Waals surface area contributed by atoms with E-state index in [1.807, 2.05) is 49.4 Å². The van der Waals surface area contributed by atoms with Gasteiger partial charge in [-0.2, -0.15) is 5.10 Å². The normalized spacial score (nSPS) is 12.6. The highest BCUT2D eigenvalue weighted by Crippen LogP contribution is 2.29. The van der Waals surface area contributed by atoms with Crippen LogP contribution in [0.15, 0.2) is 71.8 Å². The van der Waals surface area contributed by atoms with Crippen molar-refractivity contribution in [3.05, 3.63) is 87.9 Å². The van der Waals surface area contributed by atoms with Crippen molar-refractivity contribution < 1.29 is 23.8 Å². The van der Waals surface area contributed by atoms with Crippen molar-refractivity contribution in [2.75, 3.05) is 13.2 Å². The van der Waals surface area contributed by atoms with Gasteiger partial charge in [-0.15, -0.1) is 0 Å². The molecule has 3 aromatic rings. The topological polar surface area (TPSA) is 98.2 Å². The molecule has 2 N–H and O–H groups in total. The van der Waals surface area contributed by atoms with Crippen LogP contribution in [0.25, 0.3) is 0 Å². The fourth-order valence-corrected chi connectivity index (χ4v) is 4.11. The number of benzene rings is 3. The fraction of sp³-hybridized carbons (Fsp3) is 0.323.